The molecule has 1 aliphatic rings. The minimum Gasteiger partial charge on any atom is -0.497 e. The van der Waals surface area contributed by atoms with Gasteiger partial charge in [-0.1, -0.05) is 15.9 Å². The van der Waals surface area contributed by atoms with Crippen molar-refractivity contribution in [2.45, 2.75) is 0 Å². The van der Waals surface area contributed by atoms with E-state index < -0.39 is 5.91 Å². The van der Waals surface area contributed by atoms with Crippen LogP contribution in [0.25, 0.3) is 16.9 Å². The molecule has 4 rings (SSSR count). The fourth-order valence-corrected chi connectivity index (χ4v) is 3.63. The average molecular weight is 456 g/mol. The topological polar surface area (TPSA) is 89.4 Å². The van der Waals surface area contributed by atoms with Gasteiger partial charge in [-0.2, -0.15) is 5.10 Å². The van der Waals surface area contributed by atoms with E-state index in [-0.39, 0.29) is 18.1 Å². The van der Waals surface area contributed by atoms with Gasteiger partial charge in [0.2, 0.25) is 5.91 Å². The number of imide groups is 1. The molecule has 3 aromatic rings. The summed E-state index contributed by atoms with van der Waals surface area (Å²) >= 11 is 3.49. The monoisotopic (exact) mass is 455 g/mol. The highest BCUT2D eigenvalue weighted by atomic mass is 79.9. The van der Waals surface area contributed by atoms with Crippen LogP contribution in [0, 0.1) is 0 Å². The SMILES string of the molecule is COc1cc(Br)cc(-c2cc(C(=O)N3CCNCC3=O)nn2-c2cccnc2)c1. The van der Waals surface area contributed by atoms with E-state index in [2.05, 4.69) is 31.3 Å². The van der Waals surface area contributed by atoms with Gasteiger partial charge < -0.3 is 10.1 Å². The Hall–Kier alpha value is -3.04. The fourth-order valence-electron chi connectivity index (χ4n) is 3.15. The van der Waals surface area contributed by atoms with Crippen LogP contribution in [0.15, 0.2) is 53.3 Å². The molecule has 2 aromatic heterocycles. The molecule has 0 atom stereocenters. The molecule has 1 N–H and O–H groups in total. The smallest absolute Gasteiger partial charge is 0.281 e. The molecular formula is C20H18BrN5O3. The van der Waals surface area contributed by atoms with Gasteiger partial charge in [-0.15, -0.1) is 0 Å². The van der Waals surface area contributed by atoms with Crippen LogP contribution in [0.5, 0.6) is 5.75 Å². The normalized spacial score (nSPS) is 14.1. The molecule has 9 heteroatoms. The Balaban J connectivity index is 1.83. The minimum atomic E-state index is -0.414. The fraction of sp³-hybridized carbons (Fsp3) is 0.200. The highest BCUT2D eigenvalue weighted by molar-refractivity contribution is 9.10. The molecule has 0 spiro atoms. The molecule has 0 unspecified atom stereocenters. The Morgan fingerprint density at radius 3 is 2.86 bits per heavy atom. The van der Waals surface area contributed by atoms with Crippen LogP contribution in [-0.2, 0) is 4.79 Å². The van der Waals surface area contributed by atoms with Crippen LogP contribution in [0.4, 0.5) is 0 Å². The number of carbonyl (C=O) groups is 2. The van der Waals surface area contributed by atoms with Crippen molar-refractivity contribution in [3.8, 4) is 22.7 Å². The van der Waals surface area contributed by atoms with E-state index in [9.17, 15) is 9.59 Å². The number of nitrogens with one attached hydrogen (secondary N) is 1. The molecule has 8 nitrogen and oxygen atoms in total. The van der Waals surface area contributed by atoms with E-state index in [1.165, 1.54) is 4.90 Å². The molecule has 148 valence electrons. The highest BCUT2D eigenvalue weighted by Crippen LogP contribution is 2.31. The molecule has 0 radical (unpaired) electrons. The number of rotatable bonds is 4. The molecule has 0 aliphatic carbocycles. The summed E-state index contributed by atoms with van der Waals surface area (Å²) in [6.45, 7) is 1.03. The number of ether oxygens (including phenoxy) is 1. The molecule has 0 saturated carbocycles. The largest absolute Gasteiger partial charge is 0.497 e. The maximum absolute atomic E-state index is 13.0. The maximum atomic E-state index is 13.0. The first kappa shape index (κ1) is 19.3. The van der Waals surface area contributed by atoms with Crippen molar-refractivity contribution in [1.29, 1.82) is 0 Å². The van der Waals surface area contributed by atoms with Gasteiger partial charge in [0.05, 0.1) is 31.2 Å². The third-order valence-electron chi connectivity index (χ3n) is 4.56. The predicted octanol–water partition coefficient (Wildman–Crippen LogP) is 2.28. The first-order valence-corrected chi connectivity index (χ1v) is 9.77. The lowest BCUT2D eigenvalue weighted by Gasteiger charge is -2.24. The van der Waals surface area contributed by atoms with E-state index >= 15 is 0 Å². The van der Waals surface area contributed by atoms with Crippen LogP contribution in [0.1, 0.15) is 10.5 Å². The number of aromatic nitrogens is 3. The Kier molecular flexibility index (Phi) is 5.41. The van der Waals surface area contributed by atoms with E-state index in [1.807, 2.05) is 24.3 Å². The summed E-state index contributed by atoms with van der Waals surface area (Å²) in [5, 5.41) is 7.47. The van der Waals surface area contributed by atoms with Crippen molar-refractivity contribution in [2.75, 3.05) is 26.7 Å². The van der Waals surface area contributed by atoms with Crippen LogP contribution >= 0.6 is 15.9 Å². The number of nitrogens with zero attached hydrogens (tertiary/aromatic N) is 4. The zero-order chi connectivity index (χ0) is 20.4. The van der Waals surface area contributed by atoms with Gasteiger partial charge in [0.15, 0.2) is 5.69 Å². The number of halogens is 1. The van der Waals surface area contributed by atoms with Crippen molar-refractivity contribution in [3.05, 3.63) is 59.0 Å². The summed E-state index contributed by atoms with van der Waals surface area (Å²) in [6.07, 6.45) is 3.33. The van der Waals surface area contributed by atoms with Crippen LogP contribution in [0.3, 0.4) is 0 Å². The Bertz CT molecular complexity index is 1070. The van der Waals surface area contributed by atoms with Gasteiger partial charge >= 0.3 is 0 Å². The summed E-state index contributed by atoms with van der Waals surface area (Å²) in [5.41, 5.74) is 2.38. The Morgan fingerprint density at radius 1 is 1.28 bits per heavy atom. The second kappa shape index (κ2) is 8.14. The van der Waals surface area contributed by atoms with Crippen molar-refractivity contribution < 1.29 is 14.3 Å². The van der Waals surface area contributed by atoms with E-state index in [1.54, 1.807) is 36.3 Å². The molecule has 1 aliphatic heterocycles. The quantitative estimate of drug-likeness (QED) is 0.607. The van der Waals surface area contributed by atoms with Gasteiger partial charge in [0.1, 0.15) is 5.75 Å². The first-order valence-electron chi connectivity index (χ1n) is 8.97. The van der Waals surface area contributed by atoms with Crippen LogP contribution in [0.2, 0.25) is 0 Å². The maximum Gasteiger partial charge on any atom is 0.281 e. The lowest BCUT2D eigenvalue weighted by molar-refractivity contribution is -0.129. The number of hydrogen-bond acceptors (Lipinski definition) is 6. The van der Waals surface area contributed by atoms with Gasteiger partial charge in [-0.25, -0.2) is 4.68 Å². The molecule has 1 aromatic carbocycles. The summed E-state index contributed by atoms with van der Waals surface area (Å²) < 4.78 is 7.84. The number of carbonyl (C=O) groups excluding carboxylic acids is 2. The first-order chi connectivity index (χ1) is 14.1. The van der Waals surface area contributed by atoms with E-state index in [0.29, 0.717) is 30.2 Å². The van der Waals surface area contributed by atoms with Crippen molar-refractivity contribution in [1.82, 2.24) is 25.0 Å². The Morgan fingerprint density at radius 2 is 2.14 bits per heavy atom. The zero-order valence-electron chi connectivity index (χ0n) is 15.6. The van der Waals surface area contributed by atoms with Crippen LogP contribution in [-0.4, -0.2) is 58.2 Å². The number of piperazine rings is 1. The summed E-state index contributed by atoms with van der Waals surface area (Å²) in [7, 11) is 1.59. The van der Waals surface area contributed by atoms with E-state index in [0.717, 1.165) is 10.0 Å². The third-order valence-corrected chi connectivity index (χ3v) is 5.01. The average Bonchev–Trinajstić information content (AvgIpc) is 3.19. The lowest BCUT2D eigenvalue weighted by Crippen LogP contribution is -2.50. The Labute approximate surface area is 175 Å². The van der Waals surface area contributed by atoms with Gasteiger partial charge in [-0.05, 0) is 36.4 Å². The molecule has 2 amide bonds. The number of amides is 2. The number of benzene rings is 1. The second-order valence-electron chi connectivity index (χ2n) is 6.44. The van der Waals surface area contributed by atoms with Gasteiger partial charge in [0.25, 0.3) is 5.91 Å². The lowest BCUT2D eigenvalue weighted by atomic mass is 10.1. The second-order valence-corrected chi connectivity index (χ2v) is 7.36. The van der Waals surface area contributed by atoms with Crippen molar-refractivity contribution in [2.24, 2.45) is 0 Å². The van der Waals surface area contributed by atoms with Crippen molar-refractivity contribution in [3.63, 3.8) is 0 Å². The van der Waals surface area contributed by atoms with Crippen LogP contribution < -0.4 is 10.1 Å². The molecular weight excluding hydrogens is 438 g/mol. The van der Waals surface area contributed by atoms with Gasteiger partial charge in [-0.3, -0.25) is 19.5 Å². The third kappa shape index (κ3) is 3.92. The predicted molar refractivity (Wildman–Crippen MR) is 110 cm³/mol. The molecule has 29 heavy (non-hydrogen) atoms. The molecule has 0 bridgehead atoms. The van der Waals surface area contributed by atoms with Crippen molar-refractivity contribution >= 4 is 27.7 Å². The highest BCUT2D eigenvalue weighted by Gasteiger charge is 2.28. The number of methoxy groups -OCH3 is 1. The summed E-state index contributed by atoms with van der Waals surface area (Å²) in [5.74, 6) is -0.0105. The van der Waals surface area contributed by atoms with Gasteiger partial charge in [0, 0.05) is 29.3 Å². The number of hydrogen-bond donors (Lipinski definition) is 1. The standard InChI is InChI=1S/C20H18BrN5O3/c1-29-16-8-13(7-14(21)9-16)18-10-17(20(28)25-6-5-23-12-19(25)27)24-26(18)15-3-2-4-22-11-15/h2-4,7-11,23H,5-6,12H2,1H3. The molecule has 3 heterocycles. The summed E-state index contributed by atoms with van der Waals surface area (Å²) in [4.78, 5) is 30.5. The summed E-state index contributed by atoms with van der Waals surface area (Å²) in [6, 6.07) is 11.0. The molecule has 1 fully saturated rings. The minimum absolute atomic E-state index is 0.144. The molecule has 1 saturated heterocycles. The van der Waals surface area contributed by atoms with E-state index in [4.69, 9.17) is 4.74 Å². The number of pyridine rings is 1. The zero-order valence-corrected chi connectivity index (χ0v) is 17.2.